The number of fused-ring (bicyclic) bond motifs is 5. The largest absolute Gasteiger partial charge is 0.395 e. The molecular formula is C28H46O2. The second kappa shape index (κ2) is 8.39. The summed E-state index contributed by atoms with van der Waals surface area (Å²) in [5, 5.41) is 20.8. The van der Waals surface area contributed by atoms with E-state index in [4.69, 9.17) is 0 Å². The standard InChI is InChI=1S/C28H46O2/c1-18(2)19(3)6-7-20(4)24-10-11-25-23-9-8-21-16-22(30)12-15-28(21,17-29)26(23)13-14-27(24,25)5/h6-8,18-20,22-26,29-30H,9-17H2,1-5H3/b7-6+/t19-,20-,22+,23+,24-,25+,26+,27-,28-/m1/s1. The minimum Gasteiger partial charge on any atom is -0.395 e. The average molecular weight is 415 g/mol. The molecule has 0 unspecified atom stereocenters. The second-order valence-corrected chi connectivity index (χ2v) is 12.1. The number of aliphatic hydroxyl groups is 2. The van der Waals surface area contributed by atoms with Gasteiger partial charge in [-0.3, -0.25) is 0 Å². The molecule has 0 amide bonds. The van der Waals surface area contributed by atoms with Gasteiger partial charge in [0.1, 0.15) is 0 Å². The highest BCUT2D eigenvalue weighted by atomic mass is 16.3. The summed E-state index contributed by atoms with van der Waals surface area (Å²) in [6.45, 7) is 12.3. The number of allylic oxidation sites excluding steroid dienone is 3. The van der Waals surface area contributed by atoms with Crippen molar-refractivity contribution in [2.24, 2.45) is 52.3 Å². The third kappa shape index (κ3) is 3.54. The summed E-state index contributed by atoms with van der Waals surface area (Å²) in [6, 6.07) is 0. The fourth-order valence-electron chi connectivity index (χ4n) is 8.34. The van der Waals surface area contributed by atoms with Gasteiger partial charge < -0.3 is 10.2 Å². The quantitative estimate of drug-likeness (QED) is 0.512. The van der Waals surface area contributed by atoms with Gasteiger partial charge in [0.05, 0.1) is 12.7 Å². The summed E-state index contributed by atoms with van der Waals surface area (Å²) in [6.07, 6.45) is 16.4. The molecule has 9 atom stereocenters. The van der Waals surface area contributed by atoms with Crippen LogP contribution in [-0.2, 0) is 0 Å². The van der Waals surface area contributed by atoms with E-state index < -0.39 is 0 Å². The summed E-state index contributed by atoms with van der Waals surface area (Å²) in [7, 11) is 0. The van der Waals surface area contributed by atoms with E-state index in [2.05, 4.69) is 52.8 Å². The van der Waals surface area contributed by atoms with E-state index in [1.807, 2.05) is 0 Å². The van der Waals surface area contributed by atoms with Crippen molar-refractivity contribution in [3.8, 4) is 0 Å². The lowest BCUT2D eigenvalue weighted by Crippen LogP contribution is -2.53. The van der Waals surface area contributed by atoms with Crippen LogP contribution in [0.25, 0.3) is 0 Å². The molecule has 0 heterocycles. The van der Waals surface area contributed by atoms with Gasteiger partial charge >= 0.3 is 0 Å². The van der Waals surface area contributed by atoms with Crippen LogP contribution in [0.3, 0.4) is 0 Å². The summed E-state index contributed by atoms with van der Waals surface area (Å²) >= 11 is 0. The first-order valence-corrected chi connectivity index (χ1v) is 12.9. The molecule has 3 saturated carbocycles. The molecule has 0 aromatic carbocycles. The molecule has 4 rings (SSSR count). The van der Waals surface area contributed by atoms with E-state index in [1.165, 1.54) is 37.7 Å². The minimum atomic E-state index is -0.196. The Hall–Kier alpha value is -0.600. The van der Waals surface area contributed by atoms with Crippen LogP contribution in [0.15, 0.2) is 23.8 Å². The molecule has 0 bridgehead atoms. The smallest absolute Gasteiger partial charge is 0.0577 e. The first-order chi connectivity index (χ1) is 14.2. The first-order valence-electron chi connectivity index (χ1n) is 12.9. The van der Waals surface area contributed by atoms with E-state index in [0.717, 1.165) is 37.0 Å². The van der Waals surface area contributed by atoms with Gasteiger partial charge in [-0.2, -0.15) is 0 Å². The van der Waals surface area contributed by atoms with E-state index in [9.17, 15) is 10.2 Å². The van der Waals surface area contributed by atoms with Crippen molar-refractivity contribution in [3.63, 3.8) is 0 Å². The van der Waals surface area contributed by atoms with E-state index in [1.54, 1.807) is 0 Å². The molecule has 0 aromatic heterocycles. The summed E-state index contributed by atoms with van der Waals surface area (Å²) < 4.78 is 0. The molecule has 2 N–H and O–H groups in total. The van der Waals surface area contributed by atoms with Crippen molar-refractivity contribution in [3.05, 3.63) is 23.8 Å². The van der Waals surface area contributed by atoms with Crippen LogP contribution in [-0.4, -0.2) is 22.9 Å². The molecule has 2 heteroatoms. The minimum absolute atomic E-state index is 0.0280. The molecule has 4 aliphatic carbocycles. The maximum absolute atomic E-state index is 10.6. The van der Waals surface area contributed by atoms with Gasteiger partial charge in [0, 0.05) is 5.41 Å². The van der Waals surface area contributed by atoms with Crippen LogP contribution in [0.2, 0.25) is 0 Å². The van der Waals surface area contributed by atoms with Crippen molar-refractivity contribution in [1.82, 2.24) is 0 Å². The topological polar surface area (TPSA) is 40.5 Å². The van der Waals surface area contributed by atoms with Gasteiger partial charge in [-0.25, -0.2) is 0 Å². The van der Waals surface area contributed by atoms with E-state index >= 15 is 0 Å². The van der Waals surface area contributed by atoms with Crippen LogP contribution in [0.4, 0.5) is 0 Å². The highest BCUT2D eigenvalue weighted by molar-refractivity contribution is 5.26. The Kier molecular flexibility index (Phi) is 6.32. The Bertz CT molecular complexity index is 678. The molecule has 3 fully saturated rings. The normalized spacial score (nSPS) is 45.6. The predicted octanol–water partition coefficient (Wildman–Crippen LogP) is 6.38. The Labute approximate surface area is 185 Å². The van der Waals surface area contributed by atoms with Crippen LogP contribution < -0.4 is 0 Å². The van der Waals surface area contributed by atoms with Gasteiger partial charge in [0.25, 0.3) is 0 Å². The van der Waals surface area contributed by atoms with Gasteiger partial charge in [0.2, 0.25) is 0 Å². The Morgan fingerprint density at radius 2 is 1.80 bits per heavy atom. The molecule has 2 nitrogen and oxygen atoms in total. The van der Waals surface area contributed by atoms with Crippen LogP contribution in [0, 0.1) is 52.3 Å². The Morgan fingerprint density at radius 1 is 1.03 bits per heavy atom. The third-order valence-electron chi connectivity index (χ3n) is 10.6. The van der Waals surface area contributed by atoms with Gasteiger partial charge in [-0.15, -0.1) is 0 Å². The van der Waals surface area contributed by atoms with Crippen molar-refractivity contribution in [2.45, 2.75) is 92.1 Å². The maximum atomic E-state index is 10.6. The van der Waals surface area contributed by atoms with Crippen molar-refractivity contribution >= 4 is 0 Å². The summed E-state index contributed by atoms with van der Waals surface area (Å²) in [4.78, 5) is 0. The second-order valence-electron chi connectivity index (χ2n) is 12.1. The zero-order valence-electron chi connectivity index (χ0n) is 20.1. The number of hydrogen-bond acceptors (Lipinski definition) is 2. The van der Waals surface area contributed by atoms with Crippen LogP contribution in [0.1, 0.15) is 86.0 Å². The van der Waals surface area contributed by atoms with Gasteiger partial charge in [-0.1, -0.05) is 58.4 Å². The molecule has 4 aliphatic rings. The number of aliphatic hydroxyl groups excluding tert-OH is 2. The molecule has 0 radical (unpaired) electrons. The lowest BCUT2D eigenvalue weighted by Gasteiger charge is -2.58. The first kappa shape index (κ1) is 22.6. The highest BCUT2D eigenvalue weighted by Crippen LogP contribution is 2.67. The van der Waals surface area contributed by atoms with E-state index in [-0.39, 0.29) is 18.1 Å². The fraction of sp³-hybridized carbons (Fsp3) is 0.857. The van der Waals surface area contributed by atoms with E-state index in [0.29, 0.717) is 29.1 Å². The molecule has 0 saturated heterocycles. The SMILES string of the molecule is CC(C)[C@H](C)/C=C/[C@@H](C)[C@H]1CC[C@H]2[C@@H]3CC=C4C[C@@H](O)CC[C@]4(CO)[C@H]3CC[C@]12C. The molecule has 0 aliphatic heterocycles. The molecular weight excluding hydrogens is 368 g/mol. The third-order valence-corrected chi connectivity index (χ3v) is 10.6. The molecule has 170 valence electrons. The van der Waals surface area contributed by atoms with Gasteiger partial charge in [-0.05, 0) is 98.2 Å². The molecule has 0 aromatic rings. The maximum Gasteiger partial charge on any atom is 0.0577 e. The molecule has 0 spiro atoms. The zero-order valence-corrected chi connectivity index (χ0v) is 20.1. The number of hydrogen-bond donors (Lipinski definition) is 2. The summed E-state index contributed by atoms with van der Waals surface area (Å²) in [5.41, 5.74) is 1.81. The summed E-state index contributed by atoms with van der Waals surface area (Å²) in [5.74, 6) is 4.97. The van der Waals surface area contributed by atoms with Crippen molar-refractivity contribution < 1.29 is 10.2 Å². The van der Waals surface area contributed by atoms with Crippen molar-refractivity contribution in [2.75, 3.05) is 6.61 Å². The molecule has 30 heavy (non-hydrogen) atoms. The lowest BCUT2D eigenvalue weighted by atomic mass is 9.46. The highest BCUT2D eigenvalue weighted by Gasteiger charge is 2.60. The zero-order chi connectivity index (χ0) is 21.7. The van der Waals surface area contributed by atoms with Crippen LogP contribution in [0.5, 0.6) is 0 Å². The van der Waals surface area contributed by atoms with Gasteiger partial charge in [0.15, 0.2) is 0 Å². The number of rotatable bonds is 5. The Balaban J connectivity index is 1.55. The fourth-order valence-corrected chi connectivity index (χ4v) is 8.34. The van der Waals surface area contributed by atoms with Crippen LogP contribution >= 0.6 is 0 Å². The average Bonchev–Trinajstić information content (AvgIpc) is 3.08. The lowest BCUT2D eigenvalue weighted by molar-refractivity contribution is -0.0774. The Morgan fingerprint density at radius 3 is 2.50 bits per heavy atom. The monoisotopic (exact) mass is 414 g/mol. The predicted molar refractivity (Wildman–Crippen MR) is 125 cm³/mol. The van der Waals surface area contributed by atoms with Crippen molar-refractivity contribution in [1.29, 1.82) is 0 Å².